The van der Waals surface area contributed by atoms with Gasteiger partial charge in [0.05, 0.1) is 52.7 Å². The Labute approximate surface area is 134 Å². The Morgan fingerprint density at radius 1 is 0.913 bits per heavy atom. The standard InChI is InChI=1S/C14H23NO8/c1-19-6-7-21-10-11-22-9-8-20-5-4-14(18)23-15-12(16)2-3-13(15)17/h2-3,16-17H,4-11H2,1H3. The first-order chi connectivity index (χ1) is 11.1. The molecule has 0 saturated heterocycles. The molecule has 2 N–H and O–H groups in total. The lowest BCUT2D eigenvalue weighted by molar-refractivity contribution is -0.146. The van der Waals surface area contributed by atoms with Crippen molar-refractivity contribution in [3.8, 4) is 11.8 Å². The normalized spacial score (nSPS) is 10.8. The number of carbonyl (C=O) groups excluding carboxylic acids is 1. The Balaban J connectivity index is 1.94. The Morgan fingerprint density at radius 3 is 1.91 bits per heavy atom. The number of rotatable bonds is 13. The lowest BCUT2D eigenvalue weighted by Gasteiger charge is -2.08. The number of aromatic nitrogens is 1. The molecule has 132 valence electrons. The summed E-state index contributed by atoms with van der Waals surface area (Å²) in [6.45, 7) is 2.91. The highest BCUT2D eigenvalue weighted by Gasteiger charge is 2.11. The van der Waals surface area contributed by atoms with Crippen LogP contribution in [0.2, 0.25) is 0 Å². The van der Waals surface area contributed by atoms with Gasteiger partial charge in [0.15, 0.2) is 0 Å². The van der Waals surface area contributed by atoms with Crippen LogP contribution in [-0.2, 0) is 23.7 Å². The second-order valence-electron chi connectivity index (χ2n) is 4.39. The first-order valence-corrected chi connectivity index (χ1v) is 7.18. The Kier molecular flexibility index (Phi) is 9.80. The zero-order chi connectivity index (χ0) is 16.9. The van der Waals surface area contributed by atoms with Crippen molar-refractivity contribution < 1.29 is 38.8 Å². The second-order valence-corrected chi connectivity index (χ2v) is 4.39. The predicted molar refractivity (Wildman–Crippen MR) is 78.3 cm³/mol. The van der Waals surface area contributed by atoms with Crippen LogP contribution in [0.4, 0.5) is 0 Å². The molecule has 0 spiro atoms. The van der Waals surface area contributed by atoms with E-state index in [0.717, 1.165) is 0 Å². The Morgan fingerprint density at radius 2 is 1.39 bits per heavy atom. The van der Waals surface area contributed by atoms with Gasteiger partial charge in [-0.3, -0.25) is 0 Å². The van der Waals surface area contributed by atoms with E-state index in [1.54, 1.807) is 7.11 Å². The molecule has 0 fully saturated rings. The lowest BCUT2D eigenvalue weighted by atomic mass is 10.5. The summed E-state index contributed by atoms with van der Waals surface area (Å²) in [5.41, 5.74) is 0. The highest BCUT2D eigenvalue weighted by molar-refractivity contribution is 5.70. The van der Waals surface area contributed by atoms with Gasteiger partial charge in [-0.2, -0.15) is 0 Å². The monoisotopic (exact) mass is 333 g/mol. The molecule has 1 aromatic heterocycles. The van der Waals surface area contributed by atoms with Gasteiger partial charge in [-0.1, -0.05) is 0 Å². The van der Waals surface area contributed by atoms with Crippen LogP contribution in [0.15, 0.2) is 12.1 Å². The molecule has 0 aliphatic heterocycles. The summed E-state index contributed by atoms with van der Waals surface area (Å²) in [6, 6.07) is 2.41. The summed E-state index contributed by atoms with van der Waals surface area (Å²) in [6.07, 6.45) is -0.0167. The maximum Gasteiger partial charge on any atom is 0.335 e. The first-order valence-electron chi connectivity index (χ1n) is 7.18. The maximum absolute atomic E-state index is 11.5. The number of carbonyl (C=O) groups is 1. The van der Waals surface area contributed by atoms with Crippen LogP contribution in [-0.4, -0.2) is 74.3 Å². The summed E-state index contributed by atoms with van der Waals surface area (Å²) < 4.78 is 21.1. The van der Waals surface area contributed by atoms with Crippen molar-refractivity contribution in [1.29, 1.82) is 0 Å². The van der Waals surface area contributed by atoms with E-state index < -0.39 is 5.97 Å². The smallest absolute Gasteiger partial charge is 0.335 e. The molecule has 0 saturated carbocycles. The number of ether oxygens (including phenoxy) is 4. The number of hydrogen-bond acceptors (Lipinski definition) is 8. The fraction of sp³-hybridized carbons (Fsp3) is 0.643. The van der Waals surface area contributed by atoms with E-state index in [4.69, 9.17) is 23.8 Å². The van der Waals surface area contributed by atoms with Crippen molar-refractivity contribution in [2.45, 2.75) is 6.42 Å². The zero-order valence-electron chi connectivity index (χ0n) is 13.1. The van der Waals surface area contributed by atoms with E-state index in [9.17, 15) is 15.0 Å². The van der Waals surface area contributed by atoms with Gasteiger partial charge < -0.3 is 34.0 Å². The third-order valence-electron chi connectivity index (χ3n) is 2.62. The van der Waals surface area contributed by atoms with Gasteiger partial charge >= 0.3 is 5.97 Å². The molecule has 0 amide bonds. The molecule has 1 heterocycles. The largest absolute Gasteiger partial charge is 0.492 e. The Hall–Kier alpha value is -1.81. The van der Waals surface area contributed by atoms with Gasteiger partial charge in [0.2, 0.25) is 11.8 Å². The van der Waals surface area contributed by atoms with Crippen molar-refractivity contribution in [2.24, 2.45) is 0 Å². The average molecular weight is 333 g/mol. The van der Waals surface area contributed by atoms with E-state index >= 15 is 0 Å². The van der Waals surface area contributed by atoms with Gasteiger partial charge in [0.1, 0.15) is 0 Å². The molecule has 0 aliphatic rings. The molecule has 0 unspecified atom stereocenters. The third kappa shape index (κ3) is 8.41. The molecule has 0 radical (unpaired) electrons. The Bertz CT molecular complexity index is 428. The van der Waals surface area contributed by atoms with E-state index in [2.05, 4.69) is 0 Å². The summed E-state index contributed by atoms with van der Waals surface area (Å²) in [7, 11) is 1.61. The van der Waals surface area contributed by atoms with Crippen LogP contribution in [0.3, 0.4) is 0 Å². The molecule has 1 rings (SSSR count). The van der Waals surface area contributed by atoms with Gasteiger partial charge in [-0.25, -0.2) is 4.79 Å². The van der Waals surface area contributed by atoms with Gasteiger partial charge in [0, 0.05) is 19.2 Å². The highest BCUT2D eigenvalue weighted by atomic mass is 16.7. The summed E-state index contributed by atoms with van der Waals surface area (Å²) in [4.78, 5) is 16.2. The predicted octanol–water partition coefficient (Wildman–Crippen LogP) is -0.0592. The van der Waals surface area contributed by atoms with Crippen molar-refractivity contribution in [3.05, 3.63) is 12.1 Å². The number of nitrogens with zero attached hydrogens (tertiary/aromatic N) is 1. The number of aromatic hydroxyl groups is 2. The van der Waals surface area contributed by atoms with Gasteiger partial charge in [-0.05, 0) is 0 Å². The number of methoxy groups -OCH3 is 1. The minimum Gasteiger partial charge on any atom is -0.492 e. The van der Waals surface area contributed by atoms with Crippen LogP contribution in [0.5, 0.6) is 11.8 Å². The van der Waals surface area contributed by atoms with Crippen LogP contribution in [0.25, 0.3) is 0 Å². The van der Waals surface area contributed by atoms with Gasteiger partial charge in [0.25, 0.3) is 0 Å². The quantitative estimate of drug-likeness (QED) is 0.483. The minimum atomic E-state index is -0.640. The molecule has 23 heavy (non-hydrogen) atoms. The summed E-state index contributed by atoms with van der Waals surface area (Å²) in [5.74, 6) is -1.37. The topological polar surface area (TPSA) is 109 Å². The van der Waals surface area contributed by atoms with Crippen molar-refractivity contribution >= 4 is 5.97 Å². The molecule has 9 nitrogen and oxygen atoms in total. The van der Waals surface area contributed by atoms with E-state index in [-0.39, 0.29) is 24.8 Å². The second kappa shape index (κ2) is 11.7. The molecule has 0 atom stereocenters. The van der Waals surface area contributed by atoms with Gasteiger partial charge in [-0.15, -0.1) is 4.73 Å². The van der Waals surface area contributed by atoms with E-state index in [1.165, 1.54) is 12.1 Å². The average Bonchev–Trinajstić information content (AvgIpc) is 2.84. The van der Waals surface area contributed by atoms with Crippen LogP contribution in [0.1, 0.15) is 6.42 Å². The SMILES string of the molecule is COCCOCCOCCOCCC(=O)On1c(O)ccc1O. The zero-order valence-corrected chi connectivity index (χ0v) is 13.1. The lowest BCUT2D eigenvalue weighted by Crippen LogP contribution is -2.20. The molecule has 0 bridgehead atoms. The highest BCUT2D eigenvalue weighted by Crippen LogP contribution is 2.18. The van der Waals surface area contributed by atoms with E-state index in [0.29, 0.717) is 44.4 Å². The fourth-order valence-electron chi connectivity index (χ4n) is 1.48. The number of hydrogen-bond donors (Lipinski definition) is 2. The molecule has 0 aliphatic carbocycles. The van der Waals surface area contributed by atoms with Crippen LogP contribution >= 0.6 is 0 Å². The third-order valence-corrected chi connectivity index (χ3v) is 2.62. The summed E-state index contributed by atoms with van der Waals surface area (Å²) >= 11 is 0. The maximum atomic E-state index is 11.5. The van der Waals surface area contributed by atoms with Crippen molar-refractivity contribution in [3.63, 3.8) is 0 Å². The minimum absolute atomic E-state index is 0.0167. The molecule has 1 aromatic rings. The van der Waals surface area contributed by atoms with Crippen molar-refractivity contribution in [1.82, 2.24) is 4.73 Å². The van der Waals surface area contributed by atoms with Crippen molar-refractivity contribution in [2.75, 3.05) is 53.4 Å². The van der Waals surface area contributed by atoms with E-state index in [1.807, 2.05) is 0 Å². The first kappa shape index (κ1) is 19.2. The van der Waals surface area contributed by atoms with Crippen LogP contribution in [0, 0.1) is 0 Å². The molecular weight excluding hydrogens is 310 g/mol. The molecule has 0 aromatic carbocycles. The fourth-order valence-corrected chi connectivity index (χ4v) is 1.48. The summed E-state index contributed by atoms with van der Waals surface area (Å²) in [5, 5.41) is 18.6. The molecule has 9 heteroatoms. The van der Waals surface area contributed by atoms with Crippen LogP contribution < -0.4 is 4.84 Å². The molecular formula is C14H23NO8.